The molecule has 1 aliphatic carbocycles. The molecule has 0 spiro atoms. The van der Waals surface area contributed by atoms with E-state index in [1.807, 2.05) is 0 Å². The van der Waals surface area contributed by atoms with E-state index in [4.69, 9.17) is 5.11 Å². The van der Waals surface area contributed by atoms with Crippen molar-refractivity contribution in [2.45, 2.75) is 51.1 Å². The third kappa shape index (κ3) is 3.22. The highest BCUT2D eigenvalue weighted by Gasteiger charge is 2.33. The summed E-state index contributed by atoms with van der Waals surface area (Å²) in [5.74, 6) is -1.25. The first kappa shape index (κ1) is 13.3. The van der Waals surface area contributed by atoms with E-state index in [0.29, 0.717) is 25.6 Å². The Bertz CT molecular complexity index is 304. The zero-order chi connectivity index (χ0) is 13.1. The maximum atomic E-state index is 11.5. The van der Waals surface area contributed by atoms with Crippen LogP contribution >= 0.6 is 0 Å². The van der Waals surface area contributed by atoms with E-state index in [1.54, 1.807) is 4.90 Å². The summed E-state index contributed by atoms with van der Waals surface area (Å²) in [5, 5.41) is 12.7. The van der Waals surface area contributed by atoms with Gasteiger partial charge in [-0.05, 0) is 19.3 Å². The first-order chi connectivity index (χ1) is 8.56. The van der Waals surface area contributed by atoms with Gasteiger partial charge in [-0.1, -0.05) is 12.8 Å². The van der Waals surface area contributed by atoms with Crippen molar-refractivity contribution in [1.29, 1.82) is 0 Å². The molecule has 1 saturated heterocycles. The average Bonchev–Trinajstić information content (AvgIpc) is 2.81. The second-order valence-electron chi connectivity index (χ2n) is 5.54. The highest BCUT2D eigenvalue weighted by Crippen LogP contribution is 2.22. The van der Waals surface area contributed by atoms with Crippen molar-refractivity contribution >= 4 is 11.9 Å². The Morgan fingerprint density at radius 2 is 1.83 bits per heavy atom. The van der Waals surface area contributed by atoms with Gasteiger partial charge in [0.15, 0.2) is 0 Å². The lowest BCUT2D eigenvalue weighted by Gasteiger charge is -2.37. The number of amides is 1. The van der Waals surface area contributed by atoms with Crippen molar-refractivity contribution in [3.05, 3.63) is 0 Å². The molecule has 2 fully saturated rings. The highest BCUT2D eigenvalue weighted by atomic mass is 16.4. The van der Waals surface area contributed by atoms with Gasteiger partial charge in [0.1, 0.15) is 0 Å². The summed E-state index contributed by atoms with van der Waals surface area (Å²) in [6, 6.07) is 0.642. The van der Waals surface area contributed by atoms with Gasteiger partial charge >= 0.3 is 5.97 Å². The molecule has 2 aliphatic rings. The largest absolute Gasteiger partial charge is 0.481 e. The monoisotopic (exact) mass is 254 g/mol. The molecule has 2 N–H and O–H groups in total. The van der Waals surface area contributed by atoms with Crippen molar-refractivity contribution < 1.29 is 14.7 Å². The lowest BCUT2D eigenvalue weighted by atomic mass is 9.93. The second kappa shape index (κ2) is 5.69. The van der Waals surface area contributed by atoms with Crippen LogP contribution in [-0.4, -0.2) is 47.1 Å². The molecule has 1 amide bonds. The number of nitrogens with zero attached hydrogens (tertiary/aromatic N) is 1. The topological polar surface area (TPSA) is 69.6 Å². The molecule has 0 aromatic heterocycles. The quantitative estimate of drug-likeness (QED) is 0.783. The summed E-state index contributed by atoms with van der Waals surface area (Å²) in [7, 11) is 0. The van der Waals surface area contributed by atoms with Crippen molar-refractivity contribution in [3.63, 3.8) is 0 Å². The molecule has 2 rings (SSSR count). The van der Waals surface area contributed by atoms with E-state index in [9.17, 15) is 9.59 Å². The number of hydrogen-bond acceptors (Lipinski definition) is 3. The standard InChI is InChI=1S/C13H22N2O3/c1-9(16)15-7-10(13(17)18)6-12(8-15)14-11-4-2-3-5-11/h10-12,14H,2-8H2,1H3,(H,17,18). The molecule has 0 aromatic rings. The van der Waals surface area contributed by atoms with Gasteiger partial charge in [0.05, 0.1) is 5.92 Å². The van der Waals surface area contributed by atoms with Crippen molar-refractivity contribution in [1.82, 2.24) is 10.2 Å². The molecule has 1 heterocycles. The fraction of sp³-hybridized carbons (Fsp3) is 0.846. The molecular weight excluding hydrogens is 232 g/mol. The van der Waals surface area contributed by atoms with Crippen LogP contribution in [0.5, 0.6) is 0 Å². The minimum atomic E-state index is -0.792. The SMILES string of the molecule is CC(=O)N1CC(NC2CCCC2)CC(C(=O)O)C1. The van der Waals surface area contributed by atoms with Crippen molar-refractivity contribution in [3.8, 4) is 0 Å². The molecule has 0 aromatic carbocycles. The Kier molecular flexibility index (Phi) is 4.22. The Balaban J connectivity index is 1.95. The number of aliphatic carboxylic acids is 1. The van der Waals surface area contributed by atoms with E-state index < -0.39 is 11.9 Å². The van der Waals surface area contributed by atoms with Crippen LogP contribution in [0.3, 0.4) is 0 Å². The number of likely N-dealkylation sites (tertiary alicyclic amines) is 1. The number of rotatable bonds is 3. The summed E-state index contributed by atoms with van der Waals surface area (Å²) in [6.07, 6.45) is 5.49. The third-order valence-electron chi connectivity index (χ3n) is 4.07. The van der Waals surface area contributed by atoms with E-state index >= 15 is 0 Å². The lowest BCUT2D eigenvalue weighted by Crippen LogP contribution is -2.54. The Labute approximate surface area is 108 Å². The summed E-state index contributed by atoms with van der Waals surface area (Å²) < 4.78 is 0. The smallest absolute Gasteiger partial charge is 0.308 e. The van der Waals surface area contributed by atoms with Gasteiger partial charge in [0, 0.05) is 32.1 Å². The fourth-order valence-corrected chi connectivity index (χ4v) is 3.08. The highest BCUT2D eigenvalue weighted by molar-refractivity contribution is 5.76. The molecule has 2 atom stereocenters. The Morgan fingerprint density at radius 3 is 2.39 bits per heavy atom. The van der Waals surface area contributed by atoms with Crippen molar-refractivity contribution in [2.75, 3.05) is 13.1 Å². The predicted octanol–water partition coefficient (Wildman–Crippen LogP) is 0.840. The van der Waals surface area contributed by atoms with Gasteiger partial charge in [-0.25, -0.2) is 0 Å². The van der Waals surface area contributed by atoms with E-state index in [-0.39, 0.29) is 11.9 Å². The molecule has 2 unspecified atom stereocenters. The normalized spacial score (nSPS) is 29.5. The van der Waals surface area contributed by atoms with Gasteiger partial charge in [0.25, 0.3) is 0 Å². The molecular formula is C13H22N2O3. The first-order valence-corrected chi connectivity index (χ1v) is 6.80. The van der Waals surface area contributed by atoms with Gasteiger partial charge in [-0.15, -0.1) is 0 Å². The zero-order valence-electron chi connectivity index (χ0n) is 10.9. The second-order valence-corrected chi connectivity index (χ2v) is 5.54. The lowest BCUT2D eigenvalue weighted by molar-refractivity contribution is -0.146. The number of carboxylic acid groups (broad SMARTS) is 1. The number of nitrogens with one attached hydrogen (secondary N) is 1. The van der Waals surface area contributed by atoms with Crippen molar-refractivity contribution in [2.24, 2.45) is 5.92 Å². The molecule has 1 saturated carbocycles. The van der Waals surface area contributed by atoms with Gasteiger partial charge in [0.2, 0.25) is 5.91 Å². The minimum absolute atomic E-state index is 0.0285. The number of hydrogen-bond donors (Lipinski definition) is 2. The maximum Gasteiger partial charge on any atom is 0.308 e. The molecule has 0 radical (unpaired) electrons. The minimum Gasteiger partial charge on any atom is -0.481 e. The summed E-state index contributed by atoms with van der Waals surface area (Å²) in [5.41, 5.74) is 0. The van der Waals surface area contributed by atoms with Gasteiger partial charge in [-0.2, -0.15) is 0 Å². The summed E-state index contributed by atoms with van der Waals surface area (Å²) in [6.45, 7) is 2.51. The van der Waals surface area contributed by atoms with Gasteiger partial charge < -0.3 is 15.3 Å². The van der Waals surface area contributed by atoms with Crippen LogP contribution < -0.4 is 5.32 Å². The number of piperidine rings is 1. The number of carboxylic acids is 1. The molecule has 1 aliphatic heterocycles. The van der Waals surface area contributed by atoms with Crippen LogP contribution in [0.4, 0.5) is 0 Å². The van der Waals surface area contributed by atoms with Crippen LogP contribution in [-0.2, 0) is 9.59 Å². The first-order valence-electron chi connectivity index (χ1n) is 6.80. The summed E-state index contributed by atoms with van der Waals surface area (Å²) in [4.78, 5) is 24.3. The maximum absolute atomic E-state index is 11.5. The Morgan fingerprint density at radius 1 is 1.17 bits per heavy atom. The number of carbonyl (C=O) groups is 2. The van der Waals surface area contributed by atoms with Crippen LogP contribution in [0.15, 0.2) is 0 Å². The molecule has 5 nitrogen and oxygen atoms in total. The van der Waals surface area contributed by atoms with E-state index in [2.05, 4.69) is 5.32 Å². The average molecular weight is 254 g/mol. The van der Waals surface area contributed by atoms with Crippen LogP contribution in [0.2, 0.25) is 0 Å². The molecule has 102 valence electrons. The molecule has 5 heteroatoms. The molecule has 0 bridgehead atoms. The van der Waals surface area contributed by atoms with E-state index in [1.165, 1.54) is 32.6 Å². The van der Waals surface area contributed by atoms with E-state index in [0.717, 1.165) is 0 Å². The van der Waals surface area contributed by atoms with Crippen LogP contribution in [0.1, 0.15) is 39.0 Å². The Hall–Kier alpha value is -1.10. The predicted molar refractivity (Wildman–Crippen MR) is 67.2 cm³/mol. The number of carbonyl (C=O) groups excluding carboxylic acids is 1. The van der Waals surface area contributed by atoms with Gasteiger partial charge in [-0.3, -0.25) is 9.59 Å². The third-order valence-corrected chi connectivity index (χ3v) is 4.07. The zero-order valence-corrected chi connectivity index (χ0v) is 10.9. The summed E-state index contributed by atoms with van der Waals surface area (Å²) >= 11 is 0. The van der Waals surface area contributed by atoms with Crippen LogP contribution in [0.25, 0.3) is 0 Å². The van der Waals surface area contributed by atoms with Crippen LogP contribution in [0, 0.1) is 5.92 Å². The molecule has 18 heavy (non-hydrogen) atoms. The fourth-order valence-electron chi connectivity index (χ4n) is 3.08.